The lowest BCUT2D eigenvalue weighted by atomic mass is 10.3. The topological polar surface area (TPSA) is 77.2 Å². The zero-order valence-electron chi connectivity index (χ0n) is 9.64. The molecule has 0 saturated carbocycles. The van der Waals surface area contributed by atoms with E-state index in [1.807, 2.05) is 6.92 Å². The molecule has 1 N–H and O–H groups in total. The van der Waals surface area contributed by atoms with Gasteiger partial charge in [0.15, 0.2) is 0 Å². The molecule has 1 amide bonds. The zero-order valence-corrected chi connectivity index (χ0v) is 11.2. The predicted molar refractivity (Wildman–Crippen MR) is 67.4 cm³/mol. The maximum atomic E-state index is 11.7. The number of halogens is 1. The van der Waals surface area contributed by atoms with Gasteiger partial charge in [-0.1, -0.05) is 22.9 Å². The molecule has 1 aromatic heterocycles. The number of nitro groups is 1. The van der Waals surface area contributed by atoms with E-state index < -0.39 is 4.92 Å². The van der Waals surface area contributed by atoms with Gasteiger partial charge in [-0.15, -0.1) is 0 Å². The number of rotatable bonds is 5. The van der Waals surface area contributed by atoms with Crippen LogP contribution in [0, 0.1) is 10.1 Å². The molecule has 6 nitrogen and oxygen atoms in total. The first kappa shape index (κ1) is 13.7. The minimum absolute atomic E-state index is 0.0801. The molecule has 0 aliphatic heterocycles. The van der Waals surface area contributed by atoms with Gasteiger partial charge in [0, 0.05) is 24.5 Å². The maximum absolute atomic E-state index is 11.7. The van der Waals surface area contributed by atoms with E-state index in [1.165, 1.54) is 16.8 Å². The molecular formula is C10H14BrN3O3. The van der Waals surface area contributed by atoms with Gasteiger partial charge in [-0.3, -0.25) is 14.9 Å². The normalized spacial score (nSPS) is 12.2. The maximum Gasteiger partial charge on any atom is 0.287 e. The molecule has 17 heavy (non-hydrogen) atoms. The van der Waals surface area contributed by atoms with Crippen molar-refractivity contribution in [3.05, 3.63) is 28.1 Å². The molecular weight excluding hydrogens is 290 g/mol. The molecule has 1 rings (SSSR count). The second-order valence-electron chi connectivity index (χ2n) is 3.67. The molecule has 1 heterocycles. The third-order valence-electron chi connectivity index (χ3n) is 2.36. The van der Waals surface area contributed by atoms with Crippen LogP contribution in [0.15, 0.2) is 12.3 Å². The summed E-state index contributed by atoms with van der Waals surface area (Å²) in [5.41, 5.74) is 0.205. The van der Waals surface area contributed by atoms with Crippen molar-refractivity contribution in [3.63, 3.8) is 0 Å². The summed E-state index contributed by atoms with van der Waals surface area (Å²) >= 11 is 3.40. The summed E-state index contributed by atoms with van der Waals surface area (Å²) in [6.07, 6.45) is 2.22. The molecule has 1 unspecified atom stereocenters. The van der Waals surface area contributed by atoms with Crippen molar-refractivity contribution in [2.45, 2.75) is 18.2 Å². The minimum Gasteiger partial charge on any atom is -0.350 e. The molecule has 0 fully saturated rings. The largest absolute Gasteiger partial charge is 0.350 e. The first-order chi connectivity index (χ1) is 7.95. The average Bonchev–Trinajstić information content (AvgIpc) is 2.68. The van der Waals surface area contributed by atoms with Crippen LogP contribution >= 0.6 is 15.9 Å². The summed E-state index contributed by atoms with van der Waals surface area (Å²) in [6, 6.07) is 1.27. The number of carbonyl (C=O) groups excluding carboxylic acids is 1. The summed E-state index contributed by atoms with van der Waals surface area (Å²) in [4.78, 5) is 22.0. The van der Waals surface area contributed by atoms with Gasteiger partial charge >= 0.3 is 0 Å². The quantitative estimate of drug-likeness (QED) is 0.512. The van der Waals surface area contributed by atoms with Crippen LogP contribution < -0.4 is 5.32 Å². The second kappa shape index (κ2) is 5.81. The molecule has 0 aliphatic carbocycles. The highest BCUT2D eigenvalue weighted by Gasteiger charge is 2.17. The van der Waals surface area contributed by atoms with Crippen LogP contribution in [-0.2, 0) is 7.05 Å². The van der Waals surface area contributed by atoms with Crippen LogP contribution in [0.1, 0.15) is 23.8 Å². The Morgan fingerprint density at radius 1 is 1.71 bits per heavy atom. The van der Waals surface area contributed by atoms with Crippen molar-refractivity contribution in [1.29, 1.82) is 0 Å². The van der Waals surface area contributed by atoms with E-state index in [-0.39, 0.29) is 22.1 Å². The van der Waals surface area contributed by atoms with Gasteiger partial charge in [-0.2, -0.15) is 0 Å². The average molecular weight is 304 g/mol. The van der Waals surface area contributed by atoms with E-state index in [2.05, 4.69) is 21.2 Å². The number of nitrogens with zero attached hydrogens (tertiary/aromatic N) is 2. The molecule has 0 saturated heterocycles. The Bertz CT molecular complexity index is 430. The van der Waals surface area contributed by atoms with Crippen LogP contribution in [0.3, 0.4) is 0 Å². The standard InChI is InChI=1S/C10H14BrN3O3/c1-3-7(11)5-12-10(15)9-4-8(14(16)17)6-13(9)2/h4,6-7H,3,5H2,1-2H3,(H,12,15). The Balaban J connectivity index is 2.72. The van der Waals surface area contributed by atoms with Crippen molar-refractivity contribution in [1.82, 2.24) is 9.88 Å². The summed E-state index contributed by atoms with van der Waals surface area (Å²) in [6.45, 7) is 2.49. The molecule has 94 valence electrons. The highest BCUT2D eigenvalue weighted by Crippen LogP contribution is 2.15. The summed E-state index contributed by atoms with van der Waals surface area (Å²) in [5, 5.41) is 13.3. The Kier molecular flexibility index (Phi) is 4.68. The summed E-state index contributed by atoms with van der Waals surface area (Å²) < 4.78 is 1.45. The first-order valence-electron chi connectivity index (χ1n) is 5.18. The fraction of sp³-hybridized carbons (Fsp3) is 0.500. The van der Waals surface area contributed by atoms with Gasteiger partial charge in [-0.25, -0.2) is 0 Å². The number of carbonyl (C=O) groups is 1. The van der Waals surface area contributed by atoms with Crippen LogP contribution in [-0.4, -0.2) is 26.8 Å². The van der Waals surface area contributed by atoms with E-state index in [0.717, 1.165) is 6.42 Å². The SMILES string of the molecule is CCC(Br)CNC(=O)c1cc([N+](=O)[O-])cn1C. The molecule has 1 atom stereocenters. The number of amides is 1. The predicted octanol–water partition coefficient (Wildman–Crippen LogP) is 1.84. The Labute approximate surface area is 107 Å². The van der Waals surface area contributed by atoms with E-state index in [9.17, 15) is 14.9 Å². The van der Waals surface area contributed by atoms with Crippen LogP contribution in [0.4, 0.5) is 5.69 Å². The van der Waals surface area contributed by atoms with Gasteiger partial charge in [-0.05, 0) is 6.42 Å². The highest BCUT2D eigenvalue weighted by atomic mass is 79.9. The lowest BCUT2D eigenvalue weighted by molar-refractivity contribution is -0.384. The summed E-state index contributed by atoms with van der Waals surface area (Å²) in [5.74, 6) is -0.307. The van der Waals surface area contributed by atoms with Crippen molar-refractivity contribution in [2.75, 3.05) is 6.54 Å². The van der Waals surface area contributed by atoms with Crippen molar-refractivity contribution >= 4 is 27.5 Å². The smallest absolute Gasteiger partial charge is 0.287 e. The number of aromatic nitrogens is 1. The zero-order chi connectivity index (χ0) is 13.0. The van der Waals surface area contributed by atoms with Gasteiger partial charge < -0.3 is 9.88 Å². The molecule has 0 radical (unpaired) electrons. The monoisotopic (exact) mass is 303 g/mol. The fourth-order valence-corrected chi connectivity index (χ4v) is 1.47. The minimum atomic E-state index is -0.518. The van der Waals surface area contributed by atoms with Crippen molar-refractivity contribution in [3.8, 4) is 0 Å². The Hall–Kier alpha value is -1.37. The van der Waals surface area contributed by atoms with Gasteiger partial charge in [0.05, 0.1) is 11.1 Å². The molecule has 0 aromatic carbocycles. The number of aryl methyl sites for hydroxylation is 1. The van der Waals surface area contributed by atoms with Gasteiger partial charge in [0.1, 0.15) is 5.69 Å². The fourth-order valence-electron chi connectivity index (χ4n) is 1.31. The third kappa shape index (κ3) is 3.55. The Morgan fingerprint density at radius 2 is 2.35 bits per heavy atom. The van der Waals surface area contributed by atoms with Crippen LogP contribution in [0.2, 0.25) is 0 Å². The molecule has 0 bridgehead atoms. The van der Waals surface area contributed by atoms with E-state index in [1.54, 1.807) is 7.05 Å². The molecule has 0 aliphatic rings. The van der Waals surface area contributed by atoms with Crippen molar-refractivity contribution < 1.29 is 9.72 Å². The van der Waals surface area contributed by atoms with E-state index in [4.69, 9.17) is 0 Å². The lowest BCUT2D eigenvalue weighted by Crippen LogP contribution is -2.30. The van der Waals surface area contributed by atoms with Gasteiger partial charge in [0.2, 0.25) is 0 Å². The number of nitrogens with one attached hydrogen (secondary N) is 1. The van der Waals surface area contributed by atoms with Crippen molar-refractivity contribution in [2.24, 2.45) is 7.05 Å². The Morgan fingerprint density at radius 3 is 2.82 bits per heavy atom. The third-order valence-corrected chi connectivity index (χ3v) is 3.33. The highest BCUT2D eigenvalue weighted by molar-refractivity contribution is 9.09. The molecule has 1 aromatic rings. The van der Waals surface area contributed by atoms with E-state index in [0.29, 0.717) is 6.54 Å². The van der Waals surface area contributed by atoms with Crippen LogP contribution in [0.5, 0.6) is 0 Å². The number of hydrogen-bond donors (Lipinski definition) is 1. The van der Waals surface area contributed by atoms with E-state index >= 15 is 0 Å². The number of hydrogen-bond acceptors (Lipinski definition) is 3. The second-order valence-corrected chi connectivity index (χ2v) is 4.96. The number of alkyl halides is 1. The van der Waals surface area contributed by atoms with Crippen LogP contribution in [0.25, 0.3) is 0 Å². The lowest BCUT2D eigenvalue weighted by Gasteiger charge is -2.08. The van der Waals surface area contributed by atoms with Gasteiger partial charge in [0.25, 0.3) is 11.6 Å². The molecule has 0 spiro atoms. The molecule has 7 heteroatoms. The first-order valence-corrected chi connectivity index (χ1v) is 6.10. The summed E-state index contributed by atoms with van der Waals surface area (Å²) in [7, 11) is 1.60.